The minimum Gasteiger partial charge on any atom is -0.493 e. The summed E-state index contributed by atoms with van der Waals surface area (Å²) in [7, 11) is 0. The Morgan fingerprint density at radius 3 is 3.25 bits per heavy atom. The van der Waals surface area contributed by atoms with Gasteiger partial charge in [0.05, 0.1) is 30.6 Å². The number of H-pyrrole nitrogens is 1. The van der Waals surface area contributed by atoms with Crippen molar-refractivity contribution in [1.82, 2.24) is 15.5 Å². The first-order chi connectivity index (χ1) is 11.8. The van der Waals surface area contributed by atoms with Crippen LogP contribution in [0.5, 0.6) is 5.75 Å². The van der Waals surface area contributed by atoms with Gasteiger partial charge in [-0.25, -0.2) is 0 Å². The Morgan fingerprint density at radius 2 is 2.29 bits per heavy atom. The summed E-state index contributed by atoms with van der Waals surface area (Å²) in [6.45, 7) is 0.672. The van der Waals surface area contributed by atoms with Gasteiger partial charge in [-0.3, -0.25) is 9.89 Å². The minimum absolute atomic E-state index is 0.0138. The molecule has 2 atom stereocenters. The van der Waals surface area contributed by atoms with Crippen molar-refractivity contribution in [2.24, 2.45) is 0 Å². The molecule has 2 aromatic rings. The second-order valence-corrected chi connectivity index (χ2v) is 6.30. The maximum absolute atomic E-state index is 12.3. The summed E-state index contributed by atoms with van der Waals surface area (Å²) in [5.74, 6) is 0.757. The summed E-state index contributed by atoms with van der Waals surface area (Å²) in [5, 5.41) is 10.1. The maximum Gasteiger partial charge on any atom is 0.246 e. The topological polar surface area (TPSA) is 76.2 Å². The van der Waals surface area contributed by atoms with E-state index in [1.165, 1.54) is 5.56 Å². The van der Waals surface area contributed by atoms with Crippen LogP contribution < -0.4 is 10.1 Å². The van der Waals surface area contributed by atoms with E-state index in [1.807, 2.05) is 30.5 Å². The molecule has 0 saturated heterocycles. The number of hydrogen-bond donors (Lipinski definition) is 2. The van der Waals surface area contributed by atoms with Crippen LogP contribution in [0.25, 0.3) is 0 Å². The molecule has 2 aliphatic rings. The lowest BCUT2D eigenvalue weighted by Gasteiger charge is -2.27. The molecule has 1 amide bonds. The molecular weight excluding hydrogens is 306 g/mol. The van der Waals surface area contributed by atoms with Crippen LogP contribution >= 0.6 is 0 Å². The predicted molar refractivity (Wildman–Crippen MR) is 87.7 cm³/mol. The number of para-hydroxylation sites is 1. The highest BCUT2D eigenvalue weighted by Crippen LogP contribution is 2.32. The Labute approximate surface area is 140 Å². The van der Waals surface area contributed by atoms with Gasteiger partial charge in [-0.1, -0.05) is 18.2 Å². The smallest absolute Gasteiger partial charge is 0.246 e. The number of aromatic nitrogens is 2. The van der Waals surface area contributed by atoms with Crippen LogP contribution in [-0.2, 0) is 16.0 Å². The largest absolute Gasteiger partial charge is 0.493 e. The quantitative estimate of drug-likeness (QED) is 0.904. The molecule has 0 radical (unpaired) electrons. The standard InChI is InChI=1S/C18H21N3O3/c22-17(11-24-16-7-3-4-12-10-19-21-18(12)16)20-14-8-9-23-15-6-2-1-5-13(14)15/h1-2,5-6,10,14,16H,3-4,7-9,11H2,(H,19,21)(H,20,22). The molecule has 4 rings (SSSR count). The number of nitrogens with one attached hydrogen (secondary N) is 2. The van der Waals surface area contributed by atoms with Crippen LogP contribution in [0.4, 0.5) is 0 Å². The van der Waals surface area contributed by atoms with Crippen LogP contribution in [-0.4, -0.2) is 29.3 Å². The third-order valence-electron chi connectivity index (χ3n) is 4.70. The average molecular weight is 327 g/mol. The van der Waals surface area contributed by atoms with Crippen LogP contribution in [0.3, 0.4) is 0 Å². The van der Waals surface area contributed by atoms with Crippen LogP contribution in [0, 0.1) is 0 Å². The fraction of sp³-hybridized carbons (Fsp3) is 0.444. The van der Waals surface area contributed by atoms with Gasteiger partial charge < -0.3 is 14.8 Å². The SMILES string of the molecule is O=C(COC1CCCc2cn[nH]c21)NC1CCOc2ccccc21. The number of aromatic amines is 1. The van der Waals surface area contributed by atoms with E-state index in [2.05, 4.69) is 15.5 Å². The average Bonchev–Trinajstić information content (AvgIpc) is 3.09. The molecule has 0 spiro atoms. The Hall–Kier alpha value is -2.34. The predicted octanol–water partition coefficient (Wildman–Crippen LogP) is 2.44. The van der Waals surface area contributed by atoms with Gasteiger partial charge in [0.1, 0.15) is 12.4 Å². The summed E-state index contributed by atoms with van der Waals surface area (Å²) in [5.41, 5.74) is 3.25. The number of fused-ring (bicyclic) bond motifs is 2. The summed E-state index contributed by atoms with van der Waals surface area (Å²) >= 11 is 0. The maximum atomic E-state index is 12.3. The molecule has 1 aromatic heterocycles. The zero-order chi connectivity index (χ0) is 16.4. The minimum atomic E-state index is -0.0941. The van der Waals surface area contributed by atoms with E-state index in [0.29, 0.717) is 6.61 Å². The molecule has 1 aromatic carbocycles. The van der Waals surface area contributed by atoms with Crippen molar-refractivity contribution in [1.29, 1.82) is 0 Å². The molecule has 6 nitrogen and oxygen atoms in total. The van der Waals surface area contributed by atoms with Crippen molar-refractivity contribution < 1.29 is 14.3 Å². The molecule has 0 bridgehead atoms. The monoisotopic (exact) mass is 327 g/mol. The summed E-state index contributed by atoms with van der Waals surface area (Å²) in [6.07, 6.45) is 5.57. The summed E-state index contributed by atoms with van der Waals surface area (Å²) < 4.78 is 11.5. The molecule has 2 heterocycles. The van der Waals surface area contributed by atoms with Crippen molar-refractivity contribution in [3.8, 4) is 5.75 Å². The van der Waals surface area contributed by atoms with Crippen LogP contribution in [0.15, 0.2) is 30.5 Å². The summed E-state index contributed by atoms with van der Waals surface area (Å²) in [6, 6.07) is 7.83. The first-order valence-electron chi connectivity index (χ1n) is 8.46. The van der Waals surface area contributed by atoms with Crippen molar-refractivity contribution >= 4 is 5.91 Å². The van der Waals surface area contributed by atoms with Crippen LogP contribution in [0.1, 0.15) is 48.2 Å². The third-order valence-corrected chi connectivity index (χ3v) is 4.70. The highest BCUT2D eigenvalue weighted by atomic mass is 16.5. The van der Waals surface area contributed by atoms with E-state index >= 15 is 0 Å². The molecule has 2 unspecified atom stereocenters. The van der Waals surface area contributed by atoms with Gasteiger partial charge in [-0.2, -0.15) is 5.10 Å². The fourth-order valence-corrected chi connectivity index (χ4v) is 3.49. The van der Waals surface area contributed by atoms with Gasteiger partial charge in [-0.05, 0) is 30.9 Å². The lowest BCUT2D eigenvalue weighted by molar-refractivity contribution is -0.129. The molecule has 24 heavy (non-hydrogen) atoms. The Kier molecular flexibility index (Phi) is 4.21. The summed E-state index contributed by atoms with van der Waals surface area (Å²) in [4.78, 5) is 12.3. The number of amides is 1. The molecule has 2 N–H and O–H groups in total. The van der Waals surface area contributed by atoms with E-state index in [9.17, 15) is 4.79 Å². The van der Waals surface area contributed by atoms with Crippen molar-refractivity contribution in [3.63, 3.8) is 0 Å². The first kappa shape index (κ1) is 15.2. The number of carbonyl (C=O) groups excluding carboxylic acids is 1. The van der Waals surface area contributed by atoms with Crippen LogP contribution in [0.2, 0.25) is 0 Å². The number of hydrogen-bond acceptors (Lipinski definition) is 4. The van der Waals surface area contributed by atoms with Gasteiger partial charge in [0.25, 0.3) is 0 Å². The van der Waals surface area contributed by atoms with Gasteiger partial charge >= 0.3 is 0 Å². The molecule has 126 valence electrons. The van der Waals surface area contributed by atoms with Crippen molar-refractivity contribution in [2.75, 3.05) is 13.2 Å². The Bertz CT molecular complexity index is 728. The molecule has 0 fully saturated rings. The molecule has 0 saturated carbocycles. The van der Waals surface area contributed by atoms with Crippen molar-refractivity contribution in [3.05, 3.63) is 47.3 Å². The number of aryl methyl sites for hydroxylation is 1. The number of nitrogens with zero attached hydrogens (tertiary/aromatic N) is 1. The molecule has 1 aliphatic carbocycles. The highest BCUT2D eigenvalue weighted by molar-refractivity contribution is 5.78. The van der Waals surface area contributed by atoms with E-state index in [4.69, 9.17) is 9.47 Å². The lowest BCUT2D eigenvalue weighted by Crippen LogP contribution is -2.35. The zero-order valence-electron chi connectivity index (χ0n) is 13.5. The van der Waals surface area contributed by atoms with Gasteiger partial charge in [-0.15, -0.1) is 0 Å². The second-order valence-electron chi connectivity index (χ2n) is 6.30. The number of benzene rings is 1. The Morgan fingerprint density at radius 1 is 1.38 bits per heavy atom. The normalized spacial score (nSPS) is 22.2. The zero-order valence-corrected chi connectivity index (χ0v) is 13.5. The van der Waals surface area contributed by atoms with E-state index < -0.39 is 0 Å². The first-order valence-corrected chi connectivity index (χ1v) is 8.46. The molecule has 6 heteroatoms. The number of ether oxygens (including phenoxy) is 2. The number of carbonyl (C=O) groups is 1. The Balaban J connectivity index is 1.35. The van der Waals surface area contributed by atoms with Crippen molar-refractivity contribution in [2.45, 2.75) is 37.8 Å². The van der Waals surface area contributed by atoms with E-state index in [1.54, 1.807) is 0 Å². The number of rotatable bonds is 4. The van der Waals surface area contributed by atoms with Gasteiger partial charge in [0.2, 0.25) is 5.91 Å². The third kappa shape index (κ3) is 3.01. The van der Waals surface area contributed by atoms with E-state index in [0.717, 1.165) is 42.7 Å². The highest BCUT2D eigenvalue weighted by Gasteiger charge is 2.25. The van der Waals surface area contributed by atoms with Gasteiger partial charge in [0.15, 0.2) is 0 Å². The second kappa shape index (κ2) is 6.65. The van der Waals surface area contributed by atoms with E-state index in [-0.39, 0.29) is 24.7 Å². The van der Waals surface area contributed by atoms with Gasteiger partial charge in [0, 0.05) is 12.0 Å². The fourth-order valence-electron chi connectivity index (χ4n) is 3.49. The molecular formula is C18H21N3O3. The lowest BCUT2D eigenvalue weighted by atomic mass is 9.96. The molecule has 1 aliphatic heterocycles.